The second-order valence-corrected chi connectivity index (χ2v) is 5.62. The number of carbonyl (C=O) groups excluding carboxylic acids is 1. The van der Waals surface area contributed by atoms with Gasteiger partial charge in [0.15, 0.2) is 0 Å². The molecule has 1 aliphatic heterocycles. The molecule has 1 atom stereocenters. The number of aryl methyl sites for hydroxylation is 1. The van der Waals surface area contributed by atoms with Gasteiger partial charge in [-0.3, -0.25) is 4.79 Å². The third kappa shape index (κ3) is 2.50. The first kappa shape index (κ1) is 12.9. The minimum atomic E-state index is 0.149. The maximum absolute atomic E-state index is 12.4. The number of anilines is 1. The molecule has 1 fully saturated rings. The van der Waals surface area contributed by atoms with Gasteiger partial charge in [0.05, 0.1) is 0 Å². The molecule has 0 radical (unpaired) electrons. The summed E-state index contributed by atoms with van der Waals surface area (Å²) < 4.78 is 0. The number of nitrogens with zero attached hydrogens (tertiary/aromatic N) is 1. The molecule has 18 heavy (non-hydrogen) atoms. The van der Waals surface area contributed by atoms with Gasteiger partial charge < -0.3 is 10.6 Å². The summed E-state index contributed by atoms with van der Waals surface area (Å²) in [7, 11) is 0. The van der Waals surface area contributed by atoms with E-state index in [1.165, 1.54) is 0 Å². The van der Waals surface area contributed by atoms with Crippen LogP contribution in [0.25, 0.3) is 0 Å². The maximum Gasteiger partial charge on any atom is 0.254 e. The smallest absolute Gasteiger partial charge is 0.254 e. The van der Waals surface area contributed by atoms with E-state index < -0.39 is 0 Å². The van der Waals surface area contributed by atoms with Crippen LogP contribution >= 0.6 is 0 Å². The van der Waals surface area contributed by atoms with Crippen LogP contribution in [0.15, 0.2) is 18.2 Å². The van der Waals surface area contributed by atoms with E-state index in [0.717, 1.165) is 30.6 Å². The summed E-state index contributed by atoms with van der Waals surface area (Å²) in [6.45, 7) is 8.17. The topological polar surface area (TPSA) is 46.3 Å². The van der Waals surface area contributed by atoms with Crippen molar-refractivity contribution in [1.29, 1.82) is 0 Å². The molecule has 1 unspecified atom stereocenters. The maximum atomic E-state index is 12.4. The minimum absolute atomic E-state index is 0.149. The summed E-state index contributed by atoms with van der Waals surface area (Å²) in [6.07, 6.45) is 1.12. The molecule has 1 aliphatic rings. The molecule has 3 nitrogen and oxygen atoms in total. The van der Waals surface area contributed by atoms with Crippen molar-refractivity contribution >= 4 is 11.6 Å². The van der Waals surface area contributed by atoms with Crippen LogP contribution in [0.4, 0.5) is 5.69 Å². The van der Waals surface area contributed by atoms with Crippen LogP contribution in [0.5, 0.6) is 0 Å². The Hall–Kier alpha value is -1.51. The highest BCUT2D eigenvalue weighted by Crippen LogP contribution is 2.25. The number of benzene rings is 1. The van der Waals surface area contributed by atoms with Crippen molar-refractivity contribution in [3.8, 4) is 0 Å². The SMILES string of the molecule is Cc1cc(N)ccc1C(=O)N1CCC(C(C)C)C1. The Balaban J connectivity index is 2.13. The van der Waals surface area contributed by atoms with Crippen LogP contribution in [0, 0.1) is 18.8 Å². The van der Waals surface area contributed by atoms with Gasteiger partial charge in [-0.05, 0) is 48.9 Å². The Kier molecular flexibility index (Phi) is 3.60. The lowest BCUT2D eigenvalue weighted by Gasteiger charge is -2.19. The summed E-state index contributed by atoms with van der Waals surface area (Å²) in [6, 6.07) is 5.51. The first-order valence-electron chi connectivity index (χ1n) is 6.64. The molecule has 0 aliphatic carbocycles. The van der Waals surface area contributed by atoms with E-state index in [4.69, 9.17) is 5.73 Å². The Morgan fingerprint density at radius 2 is 2.17 bits per heavy atom. The van der Waals surface area contributed by atoms with Crippen LogP contribution in [0.3, 0.4) is 0 Å². The lowest BCUT2D eigenvalue weighted by atomic mass is 9.95. The molecule has 1 aromatic carbocycles. The fourth-order valence-corrected chi connectivity index (χ4v) is 2.61. The monoisotopic (exact) mass is 246 g/mol. The molecule has 2 rings (SSSR count). The van der Waals surface area contributed by atoms with Crippen LogP contribution in [0.1, 0.15) is 36.2 Å². The van der Waals surface area contributed by atoms with Crippen LogP contribution in [-0.2, 0) is 0 Å². The van der Waals surface area contributed by atoms with E-state index in [1.807, 2.05) is 24.0 Å². The second kappa shape index (κ2) is 5.01. The van der Waals surface area contributed by atoms with Crippen molar-refractivity contribution in [2.45, 2.75) is 27.2 Å². The van der Waals surface area contributed by atoms with Crippen molar-refractivity contribution in [3.63, 3.8) is 0 Å². The van der Waals surface area contributed by atoms with Gasteiger partial charge in [0.25, 0.3) is 5.91 Å². The Bertz CT molecular complexity index is 454. The summed E-state index contributed by atoms with van der Waals surface area (Å²) in [5.41, 5.74) is 8.18. The number of hydrogen-bond acceptors (Lipinski definition) is 2. The highest BCUT2D eigenvalue weighted by molar-refractivity contribution is 5.96. The largest absolute Gasteiger partial charge is 0.399 e. The van der Waals surface area contributed by atoms with Crippen molar-refractivity contribution in [2.75, 3.05) is 18.8 Å². The van der Waals surface area contributed by atoms with Crippen molar-refractivity contribution < 1.29 is 4.79 Å². The molecular weight excluding hydrogens is 224 g/mol. The standard InChI is InChI=1S/C15H22N2O/c1-10(2)12-6-7-17(9-12)15(18)14-5-4-13(16)8-11(14)3/h4-5,8,10,12H,6-7,9,16H2,1-3H3. The molecule has 1 saturated heterocycles. The van der Waals surface area contributed by atoms with Crippen LogP contribution in [0.2, 0.25) is 0 Å². The quantitative estimate of drug-likeness (QED) is 0.815. The van der Waals surface area contributed by atoms with E-state index >= 15 is 0 Å². The average Bonchev–Trinajstić information content (AvgIpc) is 2.77. The number of likely N-dealkylation sites (tertiary alicyclic amines) is 1. The first-order valence-corrected chi connectivity index (χ1v) is 6.64. The molecule has 1 heterocycles. The fraction of sp³-hybridized carbons (Fsp3) is 0.533. The highest BCUT2D eigenvalue weighted by Gasteiger charge is 2.29. The summed E-state index contributed by atoms with van der Waals surface area (Å²) in [5, 5.41) is 0. The number of carbonyl (C=O) groups is 1. The fourth-order valence-electron chi connectivity index (χ4n) is 2.61. The third-order valence-corrected chi connectivity index (χ3v) is 3.94. The number of nitrogen functional groups attached to an aromatic ring is 1. The Morgan fingerprint density at radius 3 is 2.72 bits per heavy atom. The normalized spacial score (nSPS) is 19.6. The molecule has 2 N–H and O–H groups in total. The van der Waals surface area contributed by atoms with Gasteiger partial charge in [-0.2, -0.15) is 0 Å². The van der Waals surface area contributed by atoms with Gasteiger partial charge in [0.2, 0.25) is 0 Å². The van der Waals surface area contributed by atoms with E-state index in [9.17, 15) is 4.79 Å². The van der Waals surface area contributed by atoms with Crippen LogP contribution in [-0.4, -0.2) is 23.9 Å². The van der Waals surface area contributed by atoms with E-state index in [1.54, 1.807) is 6.07 Å². The predicted molar refractivity (Wildman–Crippen MR) is 74.4 cm³/mol. The molecular formula is C15H22N2O. The summed E-state index contributed by atoms with van der Waals surface area (Å²) in [5.74, 6) is 1.44. The molecule has 0 aromatic heterocycles. The number of amides is 1. The van der Waals surface area contributed by atoms with Gasteiger partial charge in [-0.25, -0.2) is 0 Å². The molecule has 0 spiro atoms. The third-order valence-electron chi connectivity index (χ3n) is 3.94. The number of hydrogen-bond donors (Lipinski definition) is 1. The summed E-state index contributed by atoms with van der Waals surface area (Å²) >= 11 is 0. The van der Waals surface area contributed by atoms with Crippen LogP contribution < -0.4 is 5.73 Å². The lowest BCUT2D eigenvalue weighted by molar-refractivity contribution is 0.0783. The molecule has 0 bridgehead atoms. The van der Waals surface area contributed by atoms with Crippen molar-refractivity contribution in [1.82, 2.24) is 4.90 Å². The minimum Gasteiger partial charge on any atom is -0.399 e. The van der Waals surface area contributed by atoms with Gasteiger partial charge >= 0.3 is 0 Å². The molecule has 1 amide bonds. The molecule has 3 heteroatoms. The van der Waals surface area contributed by atoms with Gasteiger partial charge in [-0.1, -0.05) is 13.8 Å². The van der Waals surface area contributed by atoms with E-state index in [2.05, 4.69) is 13.8 Å². The average molecular weight is 246 g/mol. The first-order chi connectivity index (χ1) is 8.49. The lowest BCUT2D eigenvalue weighted by Crippen LogP contribution is -2.29. The molecule has 0 saturated carbocycles. The zero-order chi connectivity index (χ0) is 13.3. The van der Waals surface area contributed by atoms with Gasteiger partial charge in [0, 0.05) is 24.3 Å². The van der Waals surface area contributed by atoms with Crippen molar-refractivity contribution in [3.05, 3.63) is 29.3 Å². The highest BCUT2D eigenvalue weighted by atomic mass is 16.2. The van der Waals surface area contributed by atoms with E-state index in [-0.39, 0.29) is 5.91 Å². The van der Waals surface area contributed by atoms with Gasteiger partial charge in [0.1, 0.15) is 0 Å². The number of nitrogens with two attached hydrogens (primary N) is 1. The Morgan fingerprint density at radius 1 is 1.44 bits per heavy atom. The molecule has 98 valence electrons. The predicted octanol–water partition coefficient (Wildman–Crippen LogP) is 2.70. The number of rotatable bonds is 2. The van der Waals surface area contributed by atoms with Gasteiger partial charge in [-0.15, -0.1) is 0 Å². The van der Waals surface area contributed by atoms with Crippen molar-refractivity contribution in [2.24, 2.45) is 11.8 Å². The molecule has 1 aromatic rings. The second-order valence-electron chi connectivity index (χ2n) is 5.62. The summed E-state index contributed by atoms with van der Waals surface area (Å²) in [4.78, 5) is 14.4. The van der Waals surface area contributed by atoms with E-state index in [0.29, 0.717) is 17.5 Å². The Labute approximate surface area is 109 Å². The zero-order valence-electron chi connectivity index (χ0n) is 11.4. The zero-order valence-corrected chi connectivity index (χ0v) is 11.4.